The van der Waals surface area contributed by atoms with Crippen molar-refractivity contribution in [3.8, 4) is 5.75 Å². The van der Waals surface area contributed by atoms with E-state index in [1.807, 2.05) is 0 Å². The zero-order valence-electron chi connectivity index (χ0n) is 14.5. The van der Waals surface area contributed by atoms with Gasteiger partial charge < -0.3 is 14.5 Å². The molecule has 1 aliphatic heterocycles. The van der Waals surface area contributed by atoms with Gasteiger partial charge in [0.1, 0.15) is 0 Å². The van der Waals surface area contributed by atoms with Crippen molar-refractivity contribution >= 4 is 11.8 Å². The van der Waals surface area contributed by atoms with Crippen LogP contribution in [0, 0.1) is 5.82 Å². The molecule has 0 atom stereocenters. The van der Waals surface area contributed by atoms with Crippen LogP contribution in [0.5, 0.6) is 5.75 Å². The van der Waals surface area contributed by atoms with Crippen molar-refractivity contribution in [2.24, 2.45) is 0 Å². The van der Waals surface area contributed by atoms with E-state index in [-0.39, 0.29) is 24.0 Å². The summed E-state index contributed by atoms with van der Waals surface area (Å²) < 4.78 is 18.6. The van der Waals surface area contributed by atoms with Crippen LogP contribution in [0.4, 0.5) is 4.39 Å². The minimum Gasteiger partial charge on any atom is -0.494 e. The molecule has 0 aliphatic carbocycles. The topological polar surface area (TPSA) is 62.7 Å². The van der Waals surface area contributed by atoms with E-state index in [9.17, 15) is 14.0 Å². The second kappa shape index (κ2) is 7.95. The average molecular weight is 357 g/mol. The molecule has 0 unspecified atom stereocenters. The van der Waals surface area contributed by atoms with Gasteiger partial charge in [0.05, 0.1) is 19.1 Å². The summed E-state index contributed by atoms with van der Waals surface area (Å²) in [5.41, 5.74) is 1.14. The van der Waals surface area contributed by atoms with Crippen molar-refractivity contribution in [3.63, 3.8) is 0 Å². The SMILES string of the molecule is COc1ccc(CC(=O)N2CCN(C(=O)c3cccnc3)CC2)cc1F. The van der Waals surface area contributed by atoms with Crippen LogP contribution >= 0.6 is 0 Å². The highest BCUT2D eigenvalue weighted by Crippen LogP contribution is 2.18. The van der Waals surface area contributed by atoms with Crippen LogP contribution in [0.1, 0.15) is 15.9 Å². The molecule has 0 bridgehead atoms. The maximum absolute atomic E-state index is 13.7. The molecule has 2 heterocycles. The first-order chi connectivity index (χ1) is 12.6. The number of hydrogen-bond donors (Lipinski definition) is 0. The number of halogens is 1. The van der Waals surface area contributed by atoms with Gasteiger partial charge in [0.2, 0.25) is 5.91 Å². The van der Waals surface area contributed by atoms with Gasteiger partial charge in [-0.2, -0.15) is 0 Å². The maximum Gasteiger partial charge on any atom is 0.255 e. The first-order valence-corrected chi connectivity index (χ1v) is 8.38. The predicted molar refractivity (Wildman–Crippen MR) is 93.4 cm³/mol. The van der Waals surface area contributed by atoms with Crippen LogP contribution in [0.2, 0.25) is 0 Å². The lowest BCUT2D eigenvalue weighted by Crippen LogP contribution is -2.51. The molecule has 0 radical (unpaired) electrons. The highest BCUT2D eigenvalue weighted by atomic mass is 19.1. The monoisotopic (exact) mass is 357 g/mol. The highest BCUT2D eigenvalue weighted by molar-refractivity contribution is 5.94. The third kappa shape index (κ3) is 3.99. The van der Waals surface area contributed by atoms with Gasteiger partial charge in [-0.05, 0) is 29.8 Å². The number of carbonyl (C=O) groups is 2. The quantitative estimate of drug-likeness (QED) is 0.836. The van der Waals surface area contributed by atoms with Crippen molar-refractivity contribution in [1.82, 2.24) is 14.8 Å². The molecule has 1 aliphatic rings. The molecule has 0 N–H and O–H groups in total. The van der Waals surface area contributed by atoms with E-state index in [0.29, 0.717) is 37.3 Å². The number of hydrogen-bond acceptors (Lipinski definition) is 4. The van der Waals surface area contributed by atoms with E-state index in [1.165, 1.54) is 25.4 Å². The summed E-state index contributed by atoms with van der Waals surface area (Å²) in [6.07, 6.45) is 3.28. The largest absolute Gasteiger partial charge is 0.494 e. The lowest BCUT2D eigenvalue weighted by molar-refractivity contribution is -0.131. The molecule has 6 nitrogen and oxygen atoms in total. The first kappa shape index (κ1) is 17.8. The van der Waals surface area contributed by atoms with Crippen LogP contribution in [0.15, 0.2) is 42.7 Å². The number of ether oxygens (including phenoxy) is 1. The summed E-state index contributed by atoms with van der Waals surface area (Å²) in [6, 6.07) is 7.97. The molecule has 3 rings (SSSR count). The van der Waals surface area contributed by atoms with Crippen LogP contribution in [0.25, 0.3) is 0 Å². The van der Waals surface area contributed by atoms with E-state index in [1.54, 1.807) is 34.2 Å². The van der Waals surface area contributed by atoms with Crippen LogP contribution < -0.4 is 4.74 Å². The van der Waals surface area contributed by atoms with Gasteiger partial charge in [-0.25, -0.2) is 4.39 Å². The molecular weight excluding hydrogens is 337 g/mol. The summed E-state index contributed by atoms with van der Waals surface area (Å²) in [6.45, 7) is 1.86. The lowest BCUT2D eigenvalue weighted by Gasteiger charge is -2.34. The van der Waals surface area contributed by atoms with E-state index in [2.05, 4.69) is 4.98 Å². The highest BCUT2D eigenvalue weighted by Gasteiger charge is 2.25. The molecule has 26 heavy (non-hydrogen) atoms. The van der Waals surface area contributed by atoms with Crippen molar-refractivity contribution in [3.05, 3.63) is 59.7 Å². The molecule has 1 aromatic heterocycles. The molecule has 1 aromatic carbocycles. The van der Waals surface area contributed by atoms with Gasteiger partial charge in [-0.3, -0.25) is 14.6 Å². The smallest absolute Gasteiger partial charge is 0.255 e. The number of aromatic nitrogens is 1. The summed E-state index contributed by atoms with van der Waals surface area (Å²) in [7, 11) is 1.40. The van der Waals surface area contributed by atoms with Gasteiger partial charge in [0, 0.05) is 38.6 Å². The van der Waals surface area contributed by atoms with Crippen LogP contribution in [0.3, 0.4) is 0 Å². The Morgan fingerprint density at radius 2 is 1.88 bits per heavy atom. The second-order valence-electron chi connectivity index (χ2n) is 6.06. The van der Waals surface area contributed by atoms with Crippen LogP contribution in [-0.4, -0.2) is 59.9 Å². The first-order valence-electron chi connectivity index (χ1n) is 8.38. The molecule has 136 valence electrons. The number of piperazine rings is 1. The number of nitrogens with zero attached hydrogens (tertiary/aromatic N) is 3. The number of benzene rings is 1. The minimum absolute atomic E-state index is 0.0805. The molecule has 2 aromatic rings. The van der Waals surface area contributed by atoms with Gasteiger partial charge >= 0.3 is 0 Å². The normalized spacial score (nSPS) is 14.2. The van der Waals surface area contributed by atoms with Gasteiger partial charge in [0.15, 0.2) is 11.6 Å². The van der Waals surface area contributed by atoms with Gasteiger partial charge in [-0.1, -0.05) is 6.07 Å². The third-order valence-electron chi connectivity index (χ3n) is 4.40. The fraction of sp³-hybridized carbons (Fsp3) is 0.316. The Hall–Kier alpha value is -2.96. The summed E-state index contributed by atoms with van der Waals surface area (Å²) in [5, 5.41) is 0. The number of pyridine rings is 1. The Kier molecular flexibility index (Phi) is 5.46. The molecule has 0 spiro atoms. The number of amides is 2. The molecular formula is C19H20FN3O3. The van der Waals surface area contributed by atoms with Crippen molar-refractivity contribution in [1.29, 1.82) is 0 Å². The van der Waals surface area contributed by atoms with E-state index < -0.39 is 5.82 Å². The Morgan fingerprint density at radius 3 is 2.50 bits per heavy atom. The zero-order chi connectivity index (χ0) is 18.5. The zero-order valence-corrected chi connectivity index (χ0v) is 14.5. The maximum atomic E-state index is 13.7. The van der Waals surface area contributed by atoms with Gasteiger partial charge in [-0.15, -0.1) is 0 Å². The lowest BCUT2D eigenvalue weighted by atomic mass is 10.1. The van der Waals surface area contributed by atoms with E-state index >= 15 is 0 Å². The van der Waals surface area contributed by atoms with Crippen LogP contribution in [-0.2, 0) is 11.2 Å². The number of carbonyl (C=O) groups excluding carboxylic acids is 2. The standard InChI is InChI=1S/C19H20FN3O3/c1-26-17-5-4-14(11-16(17)20)12-18(24)22-7-9-23(10-8-22)19(25)15-3-2-6-21-13-15/h2-6,11,13H,7-10,12H2,1H3. The Morgan fingerprint density at radius 1 is 1.15 bits per heavy atom. The van der Waals surface area contributed by atoms with E-state index in [4.69, 9.17) is 4.74 Å². The molecule has 7 heteroatoms. The minimum atomic E-state index is -0.482. The van der Waals surface area contributed by atoms with Crippen molar-refractivity contribution in [2.45, 2.75) is 6.42 Å². The second-order valence-corrected chi connectivity index (χ2v) is 6.06. The summed E-state index contributed by atoms with van der Waals surface area (Å²) in [5.74, 6) is -0.487. The fourth-order valence-corrected chi connectivity index (χ4v) is 2.94. The van der Waals surface area contributed by atoms with Crippen molar-refractivity contribution < 1.29 is 18.7 Å². The number of methoxy groups -OCH3 is 1. The summed E-state index contributed by atoms with van der Waals surface area (Å²) in [4.78, 5) is 32.2. The predicted octanol–water partition coefficient (Wildman–Crippen LogP) is 1.76. The Labute approximate surface area is 151 Å². The molecule has 0 saturated carbocycles. The fourth-order valence-electron chi connectivity index (χ4n) is 2.94. The Balaban J connectivity index is 1.55. The average Bonchev–Trinajstić information content (AvgIpc) is 2.68. The molecule has 1 saturated heterocycles. The van der Waals surface area contributed by atoms with Crippen molar-refractivity contribution in [2.75, 3.05) is 33.3 Å². The third-order valence-corrected chi connectivity index (χ3v) is 4.40. The summed E-state index contributed by atoms with van der Waals surface area (Å²) >= 11 is 0. The molecule has 2 amide bonds. The number of rotatable bonds is 4. The molecule has 1 fully saturated rings. The van der Waals surface area contributed by atoms with Gasteiger partial charge in [0.25, 0.3) is 5.91 Å². The Bertz CT molecular complexity index is 790. The van der Waals surface area contributed by atoms with E-state index in [0.717, 1.165) is 0 Å².